The second-order valence-electron chi connectivity index (χ2n) is 5.73. The first kappa shape index (κ1) is 13.0. The van der Waals surface area contributed by atoms with E-state index in [-0.39, 0.29) is 12.1 Å². The summed E-state index contributed by atoms with van der Waals surface area (Å²) in [5.74, 6) is 0. The summed E-state index contributed by atoms with van der Waals surface area (Å²) in [5, 5.41) is 0. The molecule has 4 nitrogen and oxygen atoms in total. The van der Waals surface area contributed by atoms with Crippen molar-refractivity contribution in [2.75, 3.05) is 13.2 Å². The number of hydrogen-bond acceptors (Lipinski definition) is 4. The van der Waals surface area contributed by atoms with Crippen LogP contribution < -0.4 is 5.73 Å². The van der Waals surface area contributed by atoms with E-state index in [1.54, 1.807) is 0 Å². The Morgan fingerprint density at radius 3 is 2.89 bits per heavy atom. The Bertz CT molecular complexity index is 409. The molecular formula is C15H23N3O. The molecule has 4 unspecified atom stereocenters. The van der Waals surface area contributed by atoms with Gasteiger partial charge in [0, 0.05) is 31.0 Å². The minimum atomic E-state index is 0.113. The van der Waals surface area contributed by atoms with Crippen LogP contribution in [0.25, 0.3) is 0 Å². The summed E-state index contributed by atoms with van der Waals surface area (Å²) in [4.78, 5) is 6.69. The average molecular weight is 261 g/mol. The molecule has 1 saturated heterocycles. The fraction of sp³-hybridized carbons (Fsp3) is 0.667. The summed E-state index contributed by atoms with van der Waals surface area (Å²) in [6.45, 7) is 3.91. The Labute approximate surface area is 115 Å². The molecule has 104 valence electrons. The third-order valence-corrected chi connectivity index (χ3v) is 4.43. The van der Waals surface area contributed by atoms with Gasteiger partial charge in [0.1, 0.15) is 0 Å². The molecule has 2 heterocycles. The van der Waals surface area contributed by atoms with Crippen LogP contribution in [-0.4, -0.2) is 41.2 Å². The van der Waals surface area contributed by atoms with Gasteiger partial charge in [0.05, 0.1) is 18.8 Å². The second-order valence-corrected chi connectivity index (χ2v) is 5.73. The number of ether oxygens (including phenoxy) is 1. The number of rotatable bonds is 3. The standard InChI is InChI=1S/C15H23N3O/c1-11(16)15(12-5-7-17-8-6-12)18-9-10-19-14-4-2-3-13(14)18/h5-8,11,13-15H,2-4,9-10,16H2,1H3. The highest BCUT2D eigenvalue weighted by molar-refractivity contribution is 5.18. The summed E-state index contributed by atoms with van der Waals surface area (Å²) in [6, 6.07) is 5.11. The van der Waals surface area contributed by atoms with Crippen LogP contribution in [0.15, 0.2) is 24.5 Å². The maximum absolute atomic E-state index is 6.28. The minimum absolute atomic E-state index is 0.113. The van der Waals surface area contributed by atoms with Gasteiger partial charge in [0.15, 0.2) is 0 Å². The molecule has 4 heteroatoms. The van der Waals surface area contributed by atoms with Gasteiger partial charge in [-0.3, -0.25) is 9.88 Å². The van der Waals surface area contributed by atoms with Gasteiger partial charge in [-0.25, -0.2) is 0 Å². The number of nitrogens with zero attached hydrogens (tertiary/aromatic N) is 2. The SMILES string of the molecule is CC(N)C(c1ccncc1)N1CCOC2CCCC21. The van der Waals surface area contributed by atoms with E-state index in [1.165, 1.54) is 24.8 Å². The predicted octanol–water partition coefficient (Wildman–Crippen LogP) is 1.72. The molecule has 1 aliphatic carbocycles. The van der Waals surface area contributed by atoms with E-state index in [0.717, 1.165) is 13.2 Å². The van der Waals surface area contributed by atoms with E-state index >= 15 is 0 Å². The van der Waals surface area contributed by atoms with E-state index in [1.807, 2.05) is 12.4 Å². The van der Waals surface area contributed by atoms with Crippen LogP contribution in [-0.2, 0) is 4.74 Å². The maximum atomic E-state index is 6.28. The van der Waals surface area contributed by atoms with Gasteiger partial charge < -0.3 is 10.5 Å². The van der Waals surface area contributed by atoms with Crippen LogP contribution in [0.1, 0.15) is 37.8 Å². The van der Waals surface area contributed by atoms with Crippen LogP contribution >= 0.6 is 0 Å². The molecule has 0 spiro atoms. The number of fused-ring (bicyclic) bond motifs is 1. The highest BCUT2D eigenvalue weighted by Gasteiger charge is 2.40. The monoisotopic (exact) mass is 261 g/mol. The molecule has 19 heavy (non-hydrogen) atoms. The Balaban J connectivity index is 1.87. The van der Waals surface area contributed by atoms with E-state index in [4.69, 9.17) is 10.5 Å². The zero-order valence-electron chi connectivity index (χ0n) is 11.5. The van der Waals surface area contributed by atoms with Crippen molar-refractivity contribution in [3.8, 4) is 0 Å². The molecule has 3 rings (SSSR count). The molecule has 0 amide bonds. The van der Waals surface area contributed by atoms with Crippen LogP contribution in [0.2, 0.25) is 0 Å². The van der Waals surface area contributed by atoms with Crippen molar-refractivity contribution < 1.29 is 4.74 Å². The topological polar surface area (TPSA) is 51.4 Å². The van der Waals surface area contributed by atoms with Crippen molar-refractivity contribution in [2.24, 2.45) is 5.73 Å². The molecular weight excluding hydrogens is 238 g/mol. The maximum Gasteiger partial charge on any atom is 0.0731 e. The van der Waals surface area contributed by atoms with Crippen LogP contribution in [0, 0.1) is 0 Å². The van der Waals surface area contributed by atoms with E-state index in [9.17, 15) is 0 Å². The zero-order chi connectivity index (χ0) is 13.2. The summed E-state index contributed by atoms with van der Waals surface area (Å²) in [5.41, 5.74) is 7.55. The normalized spacial score (nSPS) is 30.8. The van der Waals surface area contributed by atoms with Crippen LogP contribution in [0.3, 0.4) is 0 Å². The van der Waals surface area contributed by atoms with Gasteiger partial charge in [-0.05, 0) is 43.9 Å². The Kier molecular flexibility index (Phi) is 3.82. The Hall–Kier alpha value is -0.970. The van der Waals surface area contributed by atoms with Crippen molar-refractivity contribution in [1.82, 2.24) is 9.88 Å². The first-order valence-electron chi connectivity index (χ1n) is 7.30. The predicted molar refractivity (Wildman–Crippen MR) is 74.7 cm³/mol. The largest absolute Gasteiger partial charge is 0.375 e. The lowest BCUT2D eigenvalue weighted by Gasteiger charge is -2.44. The first-order chi connectivity index (χ1) is 9.27. The molecule has 1 aliphatic heterocycles. The van der Waals surface area contributed by atoms with E-state index in [2.05, 4.69) is 28.9 Å². The van der Waals surface area contributed by atoms with Crippen LogP contribution in [0.5, 0.6) is 0 Å². The van der Waals surface area contributed by atoms with Crippen molar-refractivity contribution >= 4 is 0 Å². The van der Waals surface area contributed by atoms with Gasteiger partial charge in [-0.1, -0.05) is 0 Å². The molecule has 1 aromatic rings. The highest BCUT2D eigenvalue weighted by atomic mass is 16.5. The van der Waals surface area contributed by atoms with Crippen LogP contribution in [0.4, 0.5) is 0 Å². The fourth-order valence-corrected chi connectivity index (χ4v) is 3.66. The molecule has 0 radical (unpaired) electrons. The smallest absolute Gasteiger partial charge is 0.0731 e. The summed E-state index contributed by atoms with van der Waals surface area (Å²) >= 11 is 0. The van der Waals surface area contributed by atoms with Gasteiger partial charge >= 0.3 is 0 Å². The average Bonchev–Trinajstić information content (AvgIpc) is 2.89. The fourth-order valence-electron chi connectivity index (χ4n) is 3.66. The summed E-state index contributed by atoms with van der Waals surface area (Å²) in [7, 11) is 0. The van der Waals surface area contributed by atoms with E-state index in [0.29, 0.717) is 12.1 Å². The molecule has 1 saturated carbocycles. The lowest BCUT2D eigenvalue weighted by atomic mass is 9.96. The molecule has 1 aromatic heterocycles. The highest BCUT2D eigenvalue weighted by Crippen LogP contribution is 2.36. The Morgan fingerprint density at radius 2 is 2.16 bits per heavy atom. The summed E-state index contributed by atoms with van der Waals surface area (Å²) in [6.07, 6.45) is 7.83. The number of nitrogens with two attached hydrogens (primary N) is 1. The molecule has 2 aliphatic rings. The molecule has 2 N–H and O–H groups in total. The van der Waals surface area contributed by atoms with E-state index < -0.39 is 0 Å². The number of hydrogen-bond donors (Lipinski definition) is 1. The Morgan fingerprint density at radius 1 is 1.37 bits per heavy atom. The third-order valence-electron chi connectivity index (χ3n) is 4.43. The second kappa shape index (κ2) is 5.57. The van der Waals surface area contributed by atoms with Gasteiger partial charge in [0.25, 0.3) is 0 Å². The molecule has 0 aromatic carbocycles. The molecule has 4 atom stereocenters. The third kappa shape index (κ3) is 2.53. The number of morpholine rings is 1. The number of aromatic nitrogens is 1. The summed E-state index contributed by atoms with van der Waals surface area (Å²) < 4.78 is 5.90. The van der Waals surface area contributed by atoms with Crippen molar-refractivity contribution in [1.29, 1.82) is 0 Å². The first-order valence-corrected chi connectivity index (χ1v) is 7.30. The lowest BCUT2D eigenvalue weighted by molar-refractivity contribution is -0.0753. The quantitative estimate of drug-likeness (QED) is 0.900. The number of pyridine rings is 1. The molecule has 0 bridgehead atoms. The van der Waals surface area contributed by atoms with Gasteiger partial charge in [-0.2, -0.15) is 0 Å². The molecule has 2 fully saturated rings. The minimum Gasteiger partial charge on any atom is -0.375 e. The van der Waals surface area contributed by atoms with Crippen molar-refractivity contribution in [3.05, 3.63) is 30.1 Å². The van der Waals surface area contributed by atoms with Crippen molar-refractivity contribution in [3.63, 3.8) is 0 Å². The van der Waals surface area contributed by atoms with Crippen molar-refractivity contribution in [2.45, 2.75) is 50.4 Å². The van der Waals surface area contributed by atoms with Gasteiger partial charge in [-0.15, -0.1) is 0 Å². The van der Waals surface area contributed by atoms with Gasteiger partial charge in [0.2, 0.25) is 0 Å². The lowest BCUT2D eigenvalue weighted by Crippen LogP contribution is -2.53. The zero-order valence-corrected chi connectivity index (χ0v) is 11.5.